The molecule has 1 unspecified atom stereocenters. The van der Waals surface area contributed by atoms with Crippen molar-refractivity contribution in [2.75, 3.05) is 11.4 Å². The SMILES string of the molecule is CCN(c1ccc(C)cc1)C(C)c1ccc(C)cc1O. The predicted octanol–water partition coefficient (Wildman–Crippen LogP) is 4.60. The summed E-state index contributed by atoms with van der Waals surface area (Å²) in [6.07, 6.45) is 0. The molecular formula is C18H23NO. The van der Waals surface area contributed by atoms with Crippen LogP contribution in [0.25, 0.3) is 0 Å². The van der Waals surface area contributed by atoms with Crippen LogP contribution >= 0.6 is 0 Å². The zero-order valence-corrected chi connectivity index (χ0v) is 12.7. The Balaban J connectivity index is 2.33. The van der Waals surface area contributed by atoms with Gasteiger partial charge in [0, 0.05) is 17.8 Å². The van der Waals surface area contributed by atoms with Gasteiger partial charge in [-0.1, -0.05) is 29.8 Å². The lowest BCUT2D eigenvalue weighted by Gasteiger charge is -2.31. The minimum absolute atomic E-state index is 0.142. The van der Waals surface area contributed by atoms with E-state index in [1.54, 1.807) is 0 Å². The molecule has 0 amide bonds. The first-order valence-corrected chi connectivity index (χ1v) is 7.15. The van der Waals surface area contributed by atoms with E-state index in [-0.39, 0.29) is 6.04 Å². The van der Waals surface area contributed by atoms with E-state index in [1.165, 1.54) is 11.3 Å². The van der Waals surface area contributed by atoms with Crippen molar-refractivity contribution in [1.82, 2.24) is 0 Å². The third-order valence-electron chi connectivity index (χ3n) is 3.81. The van der Waals surface area contributed by atoms with Gasteiger partial charge in [-0.15, -0.1) is 0 Å². The van der Waals surface area contributed by atoms with Gasteiger partial charge in [-0.25, -0.2) is 0 Å². The molecule has 1 atom stereocenters. The molecule has 106 valence electrons. The molecule has 0 saturated heterocycles. The van der Waals surface area contributed by atoms with Crippen molar-refractivity contribution in [3.63, 3.8) is 0 Å². The van der Waals surface area contributed by atoms with Crippen molar-refractivity contribution in [2.24, 2.45) is 0 Å². The number of anilines is 1. The molecule has 20 heavy (non-hydrogen) atoms. The molecule has 1 N–H and O–H groups in total. The van der Waals surface area contributed by atoms with Gasteiger partial charge in [-0.3, -0.25) is 0 Å². The van der Waals surface area contributed by atoms with E-state index >= 15 is 0 Å². The normalized spacial score (nSPS) is 12.2. The molecule has 2 heteroatoms. The van der Waals surface area contributed by atoms with Gasteiger partial charge in [0.05, 0.1) is 6.04 Å². The number of phenolic OH excluding ortho intramolecular Hbond substituents is 1. The van der Waals surface area contributed by atoms with Crippen LogP contribution in [0.15, 0.2) is 42.5 Å². The second kappa shape index (κ2) is 6.00. The summed E-state index contributed by atoms with van der Waals surface area (Å²) in [7, 11) is 0. The molecule has 0 aliphatic carbocycles. The Morgan fingerprint density at radius 3 is 2.15 bits per heavy atom. The van der Waals surface area contributed by atoms with Crippen molar-refractivity contribution in [3.05, 3.63) is 59.2 Å². The van der Waals surface area contributed by atoms with Crippen LogP contribution in [0, 0.1) is 13.8 Å². The molecule has 2 aromatic carbocycles. The zero-order valence-electron chi connectivity index (χ0n) is 12.7. The first-order chi connectivity index (χ1) is 9.52. The highest BCUT2D eigenvalue weighted by molar-refractivity contribution is 5.51. The van der Waals surface area contributed by atoms with Crippen LogP contribution < -0.4 is 4.90 Å². The number of rotatable bonds is 4. The smallest absolute Gasteiger partial charge is 0.121 e. The summed E-state index contributed by atoms with van der Waals surface area (Å²) in [5.41, 5.74) is 4.50. The number of aryl methyl sites for hydroxylation is 2. The maximum atomic E-state index is 10.2. The summed E-state index contributed by atoms with van der Waals surface area (Å²) >= 11 is 0. The molecule has 0 aliphatic rings. The lowest BCUT2D eigenvalue weighted by Crippen LogP contribution is -2.26. The number of benzene rings is 2. The number of phenols is 1. The maximum Gasteiger partial charge on any atom is 0.121 e. The van der Waals surface area contributed by atoms with Gasteiger partial charge in [-0.2, -0.15) is 0 Å². The van der Waals surface area contributed by atoms with Crippen molar-refractivity contribution in [1.29, 1.82) is 0 Å². The van der Waals surface area contributed by atoms with Gasteiger partial charge in [0.25, 0.3) is 0 Å². The average molecular weight is 269 g/mol. The van der Waals surface area contributed by atoms with Gasteiger partial charge >= 0.3 is 0 Å². The Morgan fingerprint density at radius 1 is 1.00 bits per heavy atom. The molecule has 2 aromatic rings. The molecule has 2 rings (SSSR count). The third kappa shape index (κ3) is 2.96. The lowest BCUT2D eigenvalue weighted by atomic mass is 10.0. The fraction of sp³-hybridized carbons (Fsp3) is 0.333. The van der Waals surface area contributed by atoms with Gasteiger partial charge in [0.15, 0.2) is 0 Å². The van der Waals surface area contributed by atoms with Crippen molar-refractivity contribution >= 4 is 5.69 Å². The van der Waals surface area contributed by atoms with E-state index < -0.39 is 0 Å². The number of hydrogen-bond donors (Lipinski definition) is 1. The molecular weight excluding hydrogens is 246 g/mol. The molecule has 0 bridgehead atoms. The molecule has 0 heterocycles. The minimum Gasteiger partial charge on any atom is -0.508 e. The van der Waals surface area contributed by atoms with Crippen molar-refractivity contribution < 1.29 is 5.11 Å². The van der Waals surface area contributed by atoms with Gasteiger partial charge in [-0.05, 0) is 51.5 Å². The van der Waals surface area contributed by atoms with E-state index in [0.29, 0.717) is 5.75 Å². The summed E-state index contributed by atoms with van der Waals surface area (Å²) in [5.74, 6) is 0.378. The van der Waals surface area contributed by atoms with Crippen LogP contribution in [-0.4, -0.2) is 11.7 Å². The Labute approximate surface area is 121 Å². The highest BCUT2D eigenvalue weighted by Gasteiger charge is 2.17. The summed E-state index contributed by atoms with van der Waals surface area (Å²) < 4.78 is 0. The summed E-state index contributed by atoms with van der Waals surface area (Å²) in [6.45, 7) is 9.26. The topological polar surface area (TPSA) is 23.5 Å². The monoisotopic (exact) mass is 269 g/mol. The largest absolute Gasteiger partial charge is 0.508 e. The van der Waals surface area contributed by atoms with Gasteiger partial charge in [0.1, 0.15) is 5.75 Å². The first kappa shape index (κ1) is 14.4. The second-order valence-corrected chi connectivity index (χ2v) is 5.36. The Bertz CT molecular complexity index is 574. The molecule has 0 saturated carbocycles. The third-order valence-corrected chi connectivity index (χ3v) is 3.81. The van der Waals surface area contributed by atoms with Crippen LogP contribution in [0.5, 0.6) is 5.75 Å². The Morgan fingerprint density at radius 2 is 1.60 bits per heavy atom. The minimum atomic E-state index is 0.142. The summed E-state index contributed by atoms with van der Waals surface area (Å²) in [5, 5.41) is 10.2. The summed E-state index contributed by atoms with van der Waals surface area (Å²) in [4.78, 5) is 2.30. The van der Waals surface area contributed by atoms with Crippen LogP contribution in [0.3, 0.4) is 0 Å². The fourth-order valence-corrected chi connectivity index (χ4v) is 2.59. The van der Waals surface area contributed by atoms with Gasteiger partial charge in [0.2, 0.25) is 0 Å². The van der Waals surface area contributed by atoms with Crippen LogP contribution in [0.4, 0.5) is 5.69 Å². The van der Waals surface area contributed by atoms with Crippen LogP contribution in [-0.2, 0) is 0 Å². The molecule has 0 spiro atoms. The molecule has 2 nitrogen and oxygen atoms in total. The van der Waals surface area contributed by atoms with Crippen LogP contribution in [0.2, 0.25) is 0 Å². The average Bonchev–Trinajstić information content (AvgIpc) is 2.41. The number of nitrogens with zero attached hydrogens (tertiary/aromatic N) is 1. The van der Waals surface area contributed by atoms with Crippen molar-refractivity contribution in [3.8, 4) is 5.75 Å². The molecule has 0 fully saturated rings. The van der Waals surface area contributed by atoms with E-state index in [9.17, 15) is 5.11 Å². The van der Waals surface area contributed by atoms with E-state index in [1.807, 2.05) is 19.1 Å². The molecule has 0 aromatic heterocycles. The lowest BCUT2D eigenvalue weighted by molar-refractivity contribution is 0.460. The molecule has 0 aliphatic heterocycles. The zero-order chi connectivity index (χ0) is 14.7. The van der Waals surface area contributed by atoms with Gasteiger partial charge < -0.3 is 10.0 Å². The summed E-state index contributed by atoms with van der Waals surface area (Å²) in [6, 6.07) is 14.6. The van der Waals surface area contributed by atoms with Crippen molar-refractivity contribution in [2.45, 2.75) is 33.7 Å². The number of aromatic hydroxyl groups is 1. The fourth-order valence-electron chi connectivity index (χ4n) is 2.59. The standard InChI is InChI=1S/C18H23NO/c1-5-19(16-9-6-13(2)7-10-16)15(4)17-11-8-14(3)12-18(17)20/h6-12,15,20H,5H2,1-4H3. The highest BCUT2D eigenvalue weighted by atomic mass is 16.3. The van der Waals surface area contributed by atoms with E-state index in [4.69, 9.17) is 0 Å². The Kier molecular flexibility index (Phi) is 4.33. The second-order valence-electron chi connectivity index (χ2n) is 5.36. The van der Waals surface area contributed by atoms with Crippen LogP contribution in [0.1, 0.15) is 36.6 Å². The maximum absolute atomic E-state index is 10.2. The quantitative estimate of drug-likeness (QED) is 0.877. The predicted molar refractivity (Wildman–Crippen MR) is 85.5 cm³/mol. The first-order valence-electron chi connectivity index (χ1n) is 7.15. The Hall–Kier alpha value is -1.96. The van der Waals surface area contributed by atoms with E-state index in [2.05, 4.69) is 56.0 Å². The molecule has 0 radical (unpaired) electrons. The van der Waals surface area contributed by atoms with E-state index in [0.717, 1.165) is 17.7 Å². The highest BCUT2D eigenvalue weighted by Crippen LogP contribution is 2.32. The number of hydrogen-bond acceptors (Lipinski definition) is 2.